The van der Waals surface area contributed by atoms with Crippen LogP contribution >= 0.6 is 11.3 Å². The summed E-state index contributed by atoms with van der Waals surface area (Å²) in [7, 11) is -5.00. The molecule has 0 saturated carbocycles. The number of nitrogen functional groups attached to an aromatic ring is 1. The topological polar surface area (TPSA) is 248 Å². The Morgan fingerprint density at radius 3 is 2.51 bits per heavy atom. The molecule has 2 fully saturated rings. The number of nitrogens with one attached hydrogen (secondary N) is 1. The third kappa shape index (κ3) is 5.34. The molecule has 0 aliphatic carbocycles. The number of aromatic nitrogens is 1. The first kappa shape index (κ1) is 26.3. The number of carboxylic acid groups (broad SMARTS) is 1. The number of oxime groups is 1. The van der Waals surface area contributed by atoms with Gasteiger partial charge in [0.25, 0.3) is 11.8 Å². The Bertz CT molecular complexity index is 1200. The zero-order chi connectivity index (χ0) is 26.3. The van der Waals surface area contributed by atoms with Crippen LogP contribution in [0.25, 0.3) is 0 Å². The van der Waals surface area contributed by atoms with Gasteiger partial charge in [-0.3, -0.25) is 18.9 Å². The van der Waals surface area contributed by atoms with Crippen LogP contribution in [-0.2, 0) is 34.3 Å². The third-order valence-electron chi connectivity index (χ3n) is 5.31. The minimum atomic E-state index is -5.00. The highest BCUT2D eigenvalue weighted by Gasteiger charge is 2.55. The molecule has 7 N–H and O–H groups in total. The SMILES string of the molecule is CC(C)(ON=C(C(=O)N[C@@H]1C(=O)N(S(=O)(=O)O)[C@@H]1CN1CCC(N)C1=O)c1csc(N)n1)C(=O)O. The fourth-order valence-corrected chi connectivity index (χ4v) is 4.74. The first-order valence-corrected chi connectivity index (χ1v) is 12.3. The van der Waals surface area contributed by atoms with Gasteiger partial charge in [0, 0.05) is 18.5 Å². The summed E-state index contributed by atoms with van der Waals surface area (Å²) in [6, 6.07) is -3.61. The summed E-state index contributed by atoms with van der Waals surface area (Å²) in [5.74, 6) is -4.09. The molecule has 18 heteroatoms. The summed E-state index contributed by atoms with van der Waals surface area (Å²) in [5, 5.41) is 16.5. The Labute approximate surface area is 202 Å². The van der Waals surface area contributed by atoms with Gasteiger partial charge in [0.05, 0.1) is 12.1 Å². The number of β-lactam (4-membered cyclic amide) rings is 1. The molecular formula is C17H23N7O9S2. The van der Waals surface area contributed by atoms with Gasteiger partial charge >= 0.3 is 16.3 Å². The third-order valence-corrected chi connectivity index (χ3v) is 6.93. The number of amides is 3. The Balaban J connectivity index is 1.87. The van der Waals surface area contributed by atoms with Crippen molar-refractivity contribution in [3.63, 3.8) is 0 Å². The summed E-state index contributed by atoms with van der Waals surface area (Å²) in [6.07, 6.45) is 0.307. The van der Waals surface area contributed by atoms with Crippen LogP contribution in [0, 0.1) is 0 Å². The van der Waals surface area contributed by atoms with Crippen LogP contribution in [0.2, 0.25) is 0 Å². The van der Waals surface area contributed by atoms with E-state index in [9.17, 15) is 37.3 Å². The van der Waals surface area contributed by atoms with Gasteiger partial charge in [-0.05, 0) is 20.3 Å². The Kier molecular flexibility index (Phi) is 7.02. The largest absolute Gasteiger partial charge is 0.478 e. The Morgan fingerprint density at radius 2 is 2.03 bits per heavy atom. The number of hydrogen-bond donors (Lipinski definition) is 5. The van der Waals surface area contributed by atoms with E-state index in [1.54, 1.807) is 0 Å². The van der Waals surface area contributed by atoms with Gasteiger partial charge in [-0.2, -0.15) is 8.42 Å². The van der Waals surface area contributed by atoms with E-state index in [0.29, 0.717) is 6.42 Å². The molecule has 1 unspecified atom stereocenters. The molecule has 192 valence electrons. The number of likely N-dealkylation sites (tertiary alicyclic amines) is 1. The van der Waals surface area contributed by atoms with E-state index in [4.69, 9.17) is 16.3 Å². The minimum Gasteiger partial charge on any atom is -0.478 e. The Hall–Kier alpha value is -3.35. The maximum absolute atomic E-state index is 13.0. The highest BCUT2D eigenvalue weighted by Crippen LogP contribution is 2.26. The standard InChI is InChI=1S/C17H23N7O9S2/c1-17(2,15(28)29)33-22-10(8-6-34-16(19)20-8)12(25)21-11-9(24(14(11)27)35(30,31)32)5-23-4-3-7(18)13(23)26/h6-7,9,11H,3-5,18H2,1-2H3,(H2,19,20)(H,21,25)(H,28,29)(H,30,31,32)/t7?,9-,11+/m1/s1. The molecule has 1 aromatic rings. The van der Waals surface area contributed by atoms with E-state index < -0.39 is 63.4 Å². The molecule has 3 atom stereocenters. The summed E-state index contributed by atoms with van der Waals surface area (Å²) in [4.78, 5) is 59.1. The maximum Gasteiger partial charge on any atom is 0.362 e. The van der Waals surface area contributed by atoms with Gasteiger partial charge in [0.1, 0.15) is 11.7 Å². The first-order chi connectivity index (χ1) is 16.1. The fourth-order valence-electron chi connectivity index (χ4n) is 3.32. The number of nitrogens with two attached hydrogens (primary N) is 2. The average molecular weight is 534 g/mol. The van der Waals surface area contributed by atoms with E-state index in [-0.39, 0.29) is 28.2 Å². The van der Waals surface area contributed by atoms with Crippen LogP contribution in [0.15, 0.2) is 10.5 Å². The number of hydrogen-bond acceptors (Lipinski definition) is 12. The highest BCUT2D eigenvalue weighted by molar-refractivity contribution is 7.84. The van der Waals surface area contributed by atoms with Crippen molar-refractivity contribution >= 4 is 56.2 Å². The highest BCUT2D eigenvalue weighted by atomic mass is 32.2. The van der Waals surface area contributed by atoms with Gasteiger partial charge in [0.2, 0.25) is 11.5 Å². The number of nitrogens with zero attached hydrogens (tertiary/aromatic N) is 4. The van der Waals surface area contributed by atoms with Crippen molar-refractivity contribution in [3.05, 3.63) is 11.1 Å². The number of carbonyl (C=O) groups is 4. The predicted molar refractivity (Wildman–Crippen MR) is 119 cm³/mol. The van der Waals surface area contributed by atoms with Gasteiger partial charge in [-0.15, -0.1) is 11.3 Å². The molecule has 3 rings (SSSR count). The van der Waals surface area contributed by atoms with Crippen molar-refractivity contribution in [2.75, 3.05) is 18.8 Å². The molecule has 0 bridgehead atoms. The van der Waals surface area contributed by atoms with E-state index >= 15 is 0 Å². The normalized spacial score (nSPS) is 23.3. The lowest BCUT2D eigenvalue weighted by atomic mass is 9.97. The predicted octanol–water partition coefficient (Wildman–Crippen LogP) is -2.63. The number of rotatable bonds is 9. The molecule has 35 heavy (non-hydrogen) atoms. The molecule has 2 aliphatic heterocycles. The monoisotopic (exact) mass is 533 g/mol. The molecule has 0 radical (unpaired) electrons. The van der Waals surface area contributed by atoms with Gasteiger partial charge in [-0.1, -0.05) is 5.16 Å². The minimum absolute atomic E-state index is 0.0528. The smallest absolute Gasteiger partial charge is 0.362 e. The van der Waals surface area contributed by atoms with Crippen molar-refractivity contribution in [2.45, 2.75) is 44.0 Å². The van der Waals surface area contributed by atoms with Crippen LogP contribution in [0.4, 0.5) is 5.13 Å². The molecule has 3 amide bonds. The molecule has 2 aliphatic rings. The summed E-state index contributed by atoms with van der Waals surface area (Å²) < 4.78 is 33.0. The van der Waals surface area contributed by atoms with Crippen LogP contribution in [-0.4, -0.2) is 98.5 Å². The second-order valence-electron chi connectivity index (χ2n) is 8.23. The quantitative estimate of drug-likeness (QED) is 0.0946. The molecule has 0 spiro atoms. The van der Waals surface area contributed by atoms with Gasteiger partial charge in [-0.25, -0.2) is 14.1 Å². The van der Waals surface area contributed by atoms with Crippen LogP contribution in [0.3, 0.4) is 0 Å². The molecule has 1 aromatic heterocycles. The fraction of sp³-hybridized carbons (Fsp3) is 0.529. The number of thiazole rings is 1. The lowest BCUT2D eigenvalue weighted by Gasteiger charge is -2.45. The zero-order valence-electron chi connectivity index (χ0n) is 18.4. The van der Waals surface area contributed by atoms with E-state index in [1.165, 1.54) is 24.1 Å². The molecule has 2 saturated heterocycles. The number of anilines is 1. The summed E-state index contributed by atoms with van der Waals surface area (Å²) in [5.41, 5.74) is 8.79. The van der Waals surface area contributed by atoms with E-state index in [1.807, 2.05) is 0 Å². The van der Waals surface area contributed by atoms with Crippen LogP contribution in [0.5, 0.6) is 0 Å². The summed E-state index contributed by atoms with van der Waals surface area (Å²) in [6.45, 7) is 2.21. The van der Waals surface area contributed by atoms with Crippen LogP contribution in [0.1, 0.15) is 26.0 Å². The van der Waals surface area contributed by atoms with Crippen LogP contribution < -0.4 is 16.8 Å². The van der Waals surface area contributed by atoms with Crippen molar-refractivity contribution in [2.24, 2.45) is 10.9 Å². The molecular weight excluding hydrogens is 510 g/mol. The second kappa shape index (κ2) is 9.36. The Morgan fingerprint density at radius 1 is 1.37 bits per heavy atom. The zero-order valence-corrected chi connectivity index (χ0v) is 20.1. The number of carbonyl (C=O) groups excluding carboxylic acids is 3. The van der Waals surface area contributed by atoms with E-state index in [2.05, 4.69) is 15.5 Å². The summed E-state index contributed by atoms with van der Waals surface area (Å²) >= 11 is 0.945. The van der Waals surface area contributed by atoms with Crippen molar-refractivity contribution in [3.8, 4) is 0 Å². The number of aliphatic carboxylic acids is 1. The van der Waals surface area contributed by atoms with Gasteiger partial charge < -0.3 is 31.6 Å². The number of carboxylic acids is 1. The second-order valence-corrected chi connectivity index (χ2v) is 10.4. The van der Waals surface area contributed by atoms with Gasteiger partial charge in [0.15, 0.2) is 10.8 Å². The molecule has 3 heterocycles. The van der Waals surface area contributed by atoms with E-state index in [0.717, 1.165) is 11.3 Å². The van der Waals surface area contributed by atoms with Crippen molar-refractivity contribution in [1.82, 2.24) is 19.5 Å². The maximum atomic E-state index is 13.0. The lowest BCUT2D eigenvalue weighted by Crippen LogP contribution is -2.74. The lowest BCUT2D eigenvalue weighted by molar-refractivity contribution is -0.161. The first-order valence-electron chi connectivity index (χ1n) is 10.0. The molecule has 16 nitrogen and oxygen atoms in total. The van der Waals surface area contributed by atoms with Crippen molar-refractivity contribution in [1.29, 1.82) is 0 Å². The van der Waals surface area contributed by atoms with Crippen molar-refractivity contribution < 1.29 is 42.1 Å². The average Bonchev–Trinajstić information content (AvgIpc) is 3.30. The molecule has 0 aromatic carbocycles.